The Balaban J connectivity index is 1.70. The maximum absolute atomic E-state index is 12.1. The van der Waals surface area contributed by atoms with Crippen molar-refractivity contribution in [2.45, 2.75) is 33.6 Å². The van der Waals surface area contributed by atoms with Gasteiger partial charge in [0, 0.05) is 18.6 Å². The minimum Gasteiger partial charge on any atom is -0.491 e. The molecule has 2 N–H and O–H groups in total. The highest BCUT2D eigenvalue weighted by Gasteiger charge is 2.30. The lowest BCUT2D eigenvalue weighted by Gasteiger charge is -2.38. The molecule has 1 atom stereocenters. The van der Waals surface area contributed by atoms with Gasteiger partial charge in [-0.25, -0.2) is 0 Å². The summed E-state index contributed by atoms with van der Waals surface area (Å²) in [5.74, 6) is 0.920. The Hall–Kier alpha value is -1.59. The molecular formula is C19H30N2O3. The van der Waals surface area contributed by atoms with Gasteiger partial charge in [0.1, 0.15) is 12.4 Å². The summed E-state index contributed by atoms with van der Waals surface area (Å²) in [6, 6.07) is 6.06. The Kier molecular flexibility index (Phi) is 6.63. The van der Waals surface area contributed by atoms with Crippen LogP contribution in [0, 0.1) is 19.3 Å². The van der Waals surface area contributed by atoms with E-state index in [9.17, 15) is 9.90 Å². The second-order valence-corrected chi connectivity index (χ2v) is 7.20. The van der Waals surface area contributed by atoms with Crippen LogP contribution in [0.15, 0.2) is 18.2 Å². The summed E-state index contributed by atoms with van der Waals surface area (Å²) in [4.78, 5) is 14.2. The van der Waals surface area contributed by atoms with E-state index in [-0.39, 0.29) is 17.9 Å². The highest BCUT2D eigenvalue weighted by molar-refractivity contribution is 5.78. The van der Waals surface area contributed by atoms with E-state index >= 15 is 0 Å². The zero-order valence-electron chi connectivity index (χ0n) is 15.1. The van der Waals surface area contributed by atoms with Crippen LogP contribution in [0.25, 0.3) is 0 Å². The Bertz CT molecular complexity index is 541. The number of aryl methyl sites for hydroxylation is 2. The van der Waals surface area contributed by atoms with Gasteiger partial charge in [0.2, 0.25) is 5.91 Å². The van der Waals surface area contributed by atoms with Gasteiger partial charge in [0.05, 0.1) is 13.1 Å². The molecule has 0 bridgehead atoms. The molecule has 24 heavy (non-hydrogen) atoms. The molecule has 0 aromatic heterocycles. The maximum atomic E-state index is 12.1. The van der Waals surface area contributed by atoms with Crippen molar-refractivity contribution in [3.8, 4) is 5.75 Å². The largest absolute Gasteiger partial charge is 0.491 e. The van der Waals surface area contributed by atoms with Crippen LogP contribution in [-0.2, 0) is 4.79 Å². The molecule has 2 rings (SSSR count). The molecule has 0 spiro atoms. The van der Waals surface area contributed by atoms with Gasteiger partial charge in [-0.2, -0.15) is 0 Å². The second-order valence-electron chi connectivity index (χ2n) is 7.20. The molecule has 1 heterocycles. The number of ether oxygens (including phenoxy) is 1. The Morgan fingerprint density at radius 1 is 1.38 bits per heavy atom. The zero-order chi connectivity index (χ0) is 17.6. The number of aliphatic hydroxyl groups is 1. The van der Waals surface area contributed by atoms with Gasteiger partial charge >= 0.3 is 0 Å². The lowest BCUT2D eigenvalue weighted by atomic mass is 9.83. The van der Waals surface area contributed by atoms with Crippen molar-refractivity contribution in [3.05, 3.63) is 29.3 Å². The molecule has 1 fully saturated rings. The molecule has 5 nitrogen and oxygen atoms in total. The van der Waals surface area contributed by atoms with E-state index in [1.54, 1.807) is 0 Å². The maximum Gasteiger partial charge on any atom is 0.234 e. The number of hydrogen-bond acceptors (Lipinski definition) is 4. The van der Waals surface area contributed by atoms with Crippen molar-refractivity contribution in [1.29, 1.82) is 0 Å². The predicted molar refractivity (Wildman–Crippen MR) is 95.3 cm³/mol. The molecule has 1 aliphatic heterocycles. The number of nitrogens with zero attached hydrogens (tertiary/aromatic N) is 1. The second kappa shape index (κ2) is 8.49. The van der Waals surface area contributed by atoms with Gasteiger partial charge in [-0.15, -0.1) is 0 Å². The number of hydrogen-bond donors (Lipinski definition) is 2. The predicted octanol–water partition coefficient (Wildman–Crippen LogP) is 1.89. The molecule has 134 valence electrons. The first-order chi connectivity index (χ1) is 11.4. The average Bonchev–Trinajstić information content (AvgIpc) is 2.54. The molecule has 0 saturated carbocycles. The number of piperidine rings is 1. The fourth-order valence-electron chi connectivity index (χ4n) is 3.32. The molecule has 5 heteroatoms. The number of aliphatic hydroxyl groups excluding tert-OH is 1. The smallest absolute Gasteiger partial charge is 0.234 e. The SMILES string of the molecule is Cc1cccc(C)c1OCCNC(=O)CN1CCCC(C)(CO)C1. The van der Waals surface area contributed by atoms with Gasteiger partial charge in [-0.3, -0.25) is 9.69 Å². The summed E-state index contributed by atoms with van der Waals surface area (Å²) in [6.07, 6.45) is 2.05. The molecular weight excluding hydrogens is 304 g/mol. The van der Waals surface area contributed by atoms with E-state index in [0.717, 1.165) is 42.8 Å². The van der Waals surface area contributed by atoms with Crippen molar-refractivity contribution in [2.75, 3.05) is 39.4 Å². The van der Waals surface area contributed by atoms with Crippen LogP contribution < -0.4 is 10.1 Å². The Morgan fingerprint density at radius 3 is 2.75 bits per heavy atom. The normalized spacial score (nSPS) is 21.5. The van der Waals surface area contributed by atoms with E-state index in [0.29, 0.717) is 19.7 Å². The van der Waals surface area contributed by atoms with Gasteiger partial charge < -0.3 is 15.2 Å². The lowest BCUT2D eigenvalue weighted by Crippen LogP contribution is -2.47. The number of para-hydroxylation sites is 1. The van der Waals surface area contributed by atoms with Crippen LogP contribution in [-0.4, -0.2) is 55.3 Å². The number of nitrogens with one attached hydrogen (secondary N) is 1. The van der Waals surface area contributed by atoms with Crippen molar-refractivity contribution in [3.63, 3.8) is 0 Å². The van der Waals surface area contributed by atoms with Crippen molar-refractivity contribution in [1.82, 2.24) is 10.2 Å². The Morgan fingerprint density at radius 2 is 2.08 bits per heavy atom. The monoisotopic (exact) mass is 334 g/mol. The quantitative estimate of drug-likeness (QED) is 0.748. The summed E-state index contributed by atoms with van der Waals surface area (Å²) >= 11 is 0. The fourth-order valence-corrected chi connectivity index (χ4v) is 3.32. The van der Waals surface area contributed by atoms with Crippen LogP contribution in [0.2, 0.25) is 0 Å². The minimum atomic E-state index is -0.0794. The first kappa shape index (κ1) is 18.7. The molecule has 1 aliphatic rings. The van der Waals surface area contributed by atoms with Gasteiger partial charge in [-0.1, -0.05) is 25.1 Å². The Labute approximate surface area is 145 Å². The molecule has 1 aromatic rings. The average molecular weight is 334 g/mol. The van der Waals surface area contributed by atoms with Crippen LogP contribution in [0.3, 0.4) is 0 Å². The summed E-state index contributed by atoms with van der Waals surface area (Å²) in [7, 11) is 0. The molecule has 1 saturated heterocycles. The highest BCUT2D eigenvalue weighted by atomic mass is 16.5. The molecule has 1 unspecified atom stereocenters. The number of benzene rings is 1. The standard InChI is InChI=1S/C19H30N2O3/c1-15-6-4-7-16(2)18(15)24-11-9-20-17(23)12-21-10-5-8-19(3,13-21)14-22/h4,6-7,22H,5,8-14H2,1-3H3,(H,20,23). The van der Waals surface area contributed by atoms with Crippen LogP contribution >= 0.6 is 0 Å². The number of rotatable bonds is 7. The third kappa shape index (κ3) is 5.21. The fraction of sp³-hybridized carbons (Fsp3) is 0.632. The third-order valence-electron chi connectivity index (χ3n) is 4.69. The first-order valence-corrected chi connectivity index (χ1v) is 8.72. The highest BCUT2D eigenvalue weighted by Crippen LogP contribution is 2.28. The van der Waals surface area contributed by atoms with E-state index < -0.39 is 0 Å². The number of amides is 1. The van der Waals surface area contributed by atoms with Gasteiger partial charge in [0.15, 0.2) is 0 Å². The third-order valence-corrected chi connectivity index (χ3v) is 4.69. The van der Waals surface area contributed by atoms with E-state index in [4.69, 9.17) is 4.74 Å². The van der Waals surface area contributed by atoms with Gasteiger partial charge in [0.25, 0.3) is 0 Å². The molecule has 1 amide bonds. The summed E-state index contributed by atoms with van der Waals surface area (Å²) in [5, 5.41) is 12.4. The summed E-state index contributed by atoms with van der Waals surface area (Å²) in [6.45, 7) is 9.34. The molecule has 0 aliphatic carbocycles. The first-order valence-electron chi connectivity index (χ1n) is 8.72. The number of likely N-dealkylation sites (tertiary alicyclic amines) is 1. The van der Waals surface area contributed by atoms with Crippen LogP contribution in [0.4, 0.5) is 0 Å². The van der Waals surface area contributed by atoms with E-state index in [1.807, 2.05) is 32.0 Å². The molecule has 1 aromatic carbocycles. The topological polar surface area (TPSA) is 61.8 Å². The van der Waals surface area contributed by atoms with E-state index in [2.05, 4.69) is 17.1 Å². The molecule has 0 radical (unpaired) electrons. The lowest BCUT2D eigenvalue weighted by molar-refractivity contribution is -0.123. The van der Waals surface area contributed by atoms with E-state index in [1.165, 1.54) is 0 Å². The minimum absolute atomic E-state index is 0.0160. The van der Waals surface area contributed by atoms with Crippen molar-refractivity contribution >= 4 is 5.91 Å². The van der Waals surface area contributed by atoms with Crippen molar-refractivity contribution in [2.24, 2.45) is 5.41 Å². The summed E-state index contributed by atoms with van der Waals surface area (Å²) in [5.41, 5.74) is 2.14. The zero-order valence-corrected chi connectivity index (χ0v) is 15.1. The van der Waals surface area contributed by atoms with Gasteiger partial charge in [-0.05, 0) is 44.4 Å². The number of carbonyl (C=O) groups excluding carboxylic acids is 1. The van der Waals surface area contributed by atoms with Crippen LogP contribution in [0.1, 0.15) is 30.9 Å². The van der Waals surface area contributed by atoms with Crippen LogP contribution in [0.5, 0.6) is 5.75 Å². The summed E-state index contributed by atoms with van der Waals surface area (Å²) < 4.78 is 5.80. The van der Waals surface area contributed by atoms with Crippen molar-refractivity contribution < 1.29 is 14.6 Å². The number of carbonyl (C=O) groups is 1.